The summed E-state index contributed by atoms with van der Waals surface area (Å²) in [6, 6.07) is 10.3. The smallest absolute Gasteiger partial charge is 0.0518 e. The molecule has 0 saturated carbocycles. The molecule has 3 nitrogen and oxygen atoms in total. The second kappa shape index (κ2) is 5.27. The van der Waals surface area contributed by atoms with Crippen LogP contribution in [-0.2, 0) is 20.1 Å². The predicted molar refractivity (Wildman–Crippen MR) is 67.9 cm³/mol. The van der Waals surface area contributed by atoms with E-state index in [1.807, 2.05) is 36.1 Å². The average molecular weight is 280 g/mol. The van der Waals surface area contributed by atoms with E-state index in [0.29, 0.717) is 0 Å². The maximum Gasteiger partial charge on any atom is 0.0518 e. The standard InChI is InChI=1S/C12H14BrN3/c1-16-12(5-6-15-16)9-14-8-10-3-2-4-11(13)7-10/h2-7,14H,8-9H2,1H3. The molecule has 1 aromatic carbocycles. The Labute approximate surface area is 104 Å². The third-order valence-corrected chi connectivity index (χ3v) is 2.94. The largest absolute Gasteiger partial charge is 0.307 e. The molecule has 0 unspecified atom stereocenters. The van der Waals surface area contributed by atoms with Gasteiger partial charge in [0.05, 0.1) is 5.69 Å². The van der Waals surface area contributed by atoms with Crippen LogP contribution in [0.25, 0.3) is 0 Å². The maximum atomic E-state index is 4.13. The first-order valence-corrected chi connectivity index (χ1v) is 5.97. The summed E-state index contributed by atoms with van der Waals surface area (Å²) in [5, 5.41) is 7.52. The van der Waals surface area contributed by atoms with Gasteiger partial charge in [0.2, 0.25) is 0 Å². The molecule has 16 heavy (non-hydrogen) atoms. The van der Waals surface area contributed by atoms with Gasteiger partial charge in [0.1, 0.15) is 0 Å². The summed E-state index contributed by atoms with van der Waals surface area (Å²) in [4.78, 5) is 0. The second-order valence-corrected chi connectivity index (χ2v) is 4.60. The zero-order chi connectivity index (χ0) is 11.4. The van der Waals surface area contributed by atoms with Crippen LogP contribution in [0.2, 0.25) is 0 Å². The van der Waals surface area contributed by atoms with Gasteiger partial charge >= 0.3 is 0 Å². The Bertz CT molecular complexity index is 465. The third kappa shape index (κ3) is 2.93. The highest BCUT2D eigenvalue weighted by Crippen LogP contribution is 2.11. The van der Waals surface area contributed by atoms with Crippen LogP contribution in [0.1, 0.15) is 11.3 Å². The van der Waals surface area contributed by atoms with E-state index < -0.39 is 0 Å². The van der Waals surface area contributed by atoms with E-state index in [2.05, 4.69) is 38.5 Å². The Hall–Kier alpha value is -1.13. The molecule has 0 amide bonds. The van der Waals surface area contributed by atoms with E-state index in [1.54, 1.807) is 0 Å². The summed E-state index contributed by atoms with van der Waals surface area (Å²) in [6.45, 7) is 1.70. The van der Waals surface area contributed by atoms with Crippen molar-refractivity contribution in [3.05, 3.63) is 52.3 Å². The van der Waals surface area contributed by atoms with E-state index >= 15 is 0 Å². The molecule has 0 saturated heterocycles. The molecule has 84 valence electrons. The fourth-order valence-corrected chi connectivity index (χ4v) is 2.00. The lowest BCUT2D eigenvalue weighted by Crippen LogP contribution is -2.15. The molecular formula is C12H14BrN3. The lowest BCUT2D eigenvalue weighted by Gasteiger charge is -2.05. The molecule has 0 aliphatic heterocycles. The molecule has 0 radical (unpaired) electrons. The molecule has 0 aliphatic rings. The van der Waals surface area contributed by atoms with E-state index in [-0.39, 0.29) is 0 Å². The topological polar surface area (TPSA) is 29.9 Å². The Morgan fingerprint density at radius 2 is 2.19 bits per heavy atom. The molecular weight excluding hydrogens is 266 g/mol. The number of hydrogen-bond donors (Lipinski definition) is 1. The normalized spacial score (nSPS) is 10.6. The number of nitrogens with one attached hydrogen (secondary N) is 1. The van der Waals surface area contributed by atoms with Gasteiger partial charge < -0.3 is 5.32 Å². The van der Waals surface area contributed by atoms with Crippen molar-refractivity contribution in [2.75, 3.05) is 0 Å². The molecule has 1 N–H and O–H groups in total. The zero-order valence-corrected chi connectivity index (χ0v) is 10.7. The molecule has 1 aromatic heterocycles. The van der Waals surface area contributed by atoms with E-state index in [0.717, 1.165) is 17.6 Å². The van der Waals surface area contributed by atoms with Crippen LogP contribution < -0.4 is 5.32 Å². The highest BCUT2D eigenvalue weighted by atomic mass is 79.9. The molecule has 2 rings (SSSR count). The maximum absolute atomic E-state index is 4.13. The SMILES string of the molecule is Cn1nccc1CNCc1cccc(Br)c1. The van der Waals surface area contributed by atoms with Crippen molar-refractivity contribution >= 4 is 15.9 Å². The number of aryl methyl sites for hydroxylation is 1. The van der Waals surface area contributed by atoms with Crippen LogP contribution >= 0.6 is 15.9 Å². The molecule has 4 heteroatoms. The van der Waals surface area contributed by atoms with Gasteiger partial charge in [-0.25, -0.2) is 0 Å². The van der Waals surface area contributed by atoms with Gasteiger partial charge in [-0.3, -0.25) is 4.68 Å². The Balaban J connectivity index is 1.87. The number of halogens is 1. The van der Waals surface area contributed by atoms with Crippen molar-refractivity contribution < 1.29 is 0 Å². The highest BCUT2D eigenvalue weighted by molar-refractivity contribution is 9.10. The Morgan fingerprint density at radius 1 is 1.31 bits per heavy atom. The third-order valence-electron chi connectivity index (χ3n) is 2.45. The van der Waals surface area contributed by atoms with Crippen molar-refractivity contribution in [1.29, 1.82) is 0 Å². The van der Waals surface area contributed by atoms with Crippen molar-refractivity contribution in [2.45, 2.75) is 13.1 Å². The lowest BCUT2D eigenvalue weighted by atomic mass is 10.2. The fourth-order valence-electron chi connectivity index (χ4n) is 1.56. The zero-order valence-electron chi connectivity index (χ0n) is 9.15. The number of rotatable bonds is 4. The van der Waals surface area contributed by atoms with E-state index in [9.17, 15) is 0 Å². The molecule has 1 heterocycles. The summed E-state index contributed by atoms with van der Waals surface area (Å²) in [6.07, 6.45) is 1.82. The van der Waals surface area contributed by atoms with Crippen molar-refractivity contribution in [3.8, 4) is 0 Å². The van der Waals surface area contributed by atoms with E-state index in [4.69, 9.17) is 0 Å². The summed E-state index contributed by atoms with van der Waals surface area (Å²) in [7, 11) is 1.95. The van der Waals surface area contributed by atoms with Crippen LogP contribution in [-0.4, -0.2) is 9.78 Å². The Kier molecular flexibility index (Phi) is 3.74. The van der Waals surface area contributed by atoms with Crippen molar-refractivity contribution in [2.24, 2.45) is 7.05 Å². The van der Waals surface area contributed by atoms with Gasteiger partial charge in [-0.2, -0.15) is 5.10 Å². The molecule has 0 atom stereocenters. The second-order valence-electron chi connectivity index (χ2n) is 3.68. The van der Waals surface area contributed by atoms with Crippen molar-refractivity contribution in [3.63, 3.8) is 0 Å². The van der Waals surface area contributed by atoms with Crippen molar-refractivity contribution in [1.82, 2.24) is 15.1 Å². The summed E-state index contributed by atoms with van der Waals surface area (Å²) >= 11 is 3.46. The van der Waals surface area contributed by atoms with Crippen LogP contribution in [0.5, 0.6) is 0 Å². The summed E-state index contributed by atoms with van der Waals surface area (Å²) in [5.74, 6) is 0. The van der Waals surface area contributed by atoms with Gasteiger partial charge in [0, 0.05) is 30.8 Å². The fraction of sp³-hybridized carbons (Fsp3) is 0.250. The summed E-state index contributed by atoms with van der Waals surface area (Å²) < 4.78 is 3.00. The minimum absolute atomic E-state index is 0.836. The van der Waals surface area contributed by atoms with E-state index in [1.165, 1.54) is 11.3 Å². The average Bonchev–Trinajstić information content (AvgIpc) is 2.65. The molecule has 0 bridgehead atoms. The molecule has 0 aliphatic carbocycles. The molecule has 0 fully saturated rings. The molecule has 2 aromatic rings. The number of aromatic nitrogens is 2. The van der Waals surface area contributed by atoms with Crippen LogP contribution in [0.3, 0.4) is 0 Å². The highest BCUT2D eigenvalue weighted by Gasteiger charge is 1.98. The monoisotopic (exact) mass is 279 g/mol. The number of nitrogens with zero attached hydrogens (tertiary/aromatic N) is 2. The first-order chi connectivity index (χ1) is 7.75. The Morgan fingerprint density at radius 3 is 2.88 bits per heavy atom. The lowest BCUT2D eigenvalue weighted by molar-refractivity contribution is 0.626. The van der Waals surface area contributed by atoms with Gasteiger partial charge in [0.25, 0.3) is 0 Å². The minimum atomic E-state index is 0.836. The quantitative estimate of drug-likeness (QED) is 0.932. The van der Waals surface area contributed by atoms with Gasteiger partial charge in [0.15, 0.2) is 0 Å². The van der Waals surface area contributed by atoms with Gasteiger partial charge in [-0.1, -0.05) is 28.1 Å². The predicted octanol–water partition coefficient (Wildman–Crippen LogP) is 2.47. The first kappa shape index (κ1) is 11.4. The van der Waals surface area contributed by atoms with Crippen LogP contribution in [0.4, 0.5) is 0 Å². The number of hydrogen-bond acceptors (Lipinski definition) is 2. The van der Waals surface area contributed by atoms with Crippen LogP contribution in [0.15, 0.2) is 41.0 Å². The summed E-state index contributed by atoms with van der Waals surface area (Å²) in [5.41, 5.74) is 2.46. The van der Waals surface area contributed by atoms with Gasteiger partial charge in [-0.05, 0) is 23.8 Å². The molecule has 0 spiro atoms. The number of benzene rings is 1. The van der Waals surface area contributed by atoms with Crippen LogP contribution in [0, 0.1) is 0 Å². The minimum Gasteiger partial charge on any atom is -0.307 e. The first-order valence-electron chi connectivity index (χ1n) is 5.18. The van der Waals surface area contributed by atoms with Gasteiger partial charge in [-0.15, -0.1) is 0 Å².